The van der Waals surface area contributed by atoms with E-state index in [0.717, 1.165) is 5.56 Å². The summed E-state index contributed by atoms with van der Waals surface area (Å²) in [5.41, 5.74) is 4.90. The Morgan fingerprint density at radius 2 is 1.46 bits per heavy atom. The van der Waals surface area contributed by atoms with Gasteiger partial charge in [-0.1, -0.05) is 79.0 Å². The highest BCUT2D eigenvalue weighted by molar-refractivity contribution is 6.43. The second kappa shape index (κ2) is 8.85. The molecule has 2 nitrogen and oxygen atoms in total. The fourth-order valence-electron chi connectivity index (χ4n) is 4.61. The monoisotopic (exact) mass is 507 g/mol. The molecule has 0 amide bonds. The number of alkyl halides is 1. The van der Waals surface area contributed by atoms with Gasteiger partial charge in [0.1, 0.15) is 5.82 Å². The van der Waals surface area contributed by atoms with Crippen molar-refractivity contribution in [1.29, 1.82) is 0 Å². The number of ketones is 1. The number of carbonyl (C=O) groups excluding carboxylic acids is 1. The van der Waals surface area contributed by atoms with Gasteiger partial charge in [-0.05, 0) is 48.2 Å². The maximum absolute atomic E-state index is 16.4. The first-order valence-corrected chi connectivity index (χ1v) is 12.0. The van der Waals surface area contributed by atoms with Gasteiger partial charge >= 0.3 is 0 Å². The average molecular weight is 508 g/mol. The van der Waals surface area contributed by atoms with Gasteiger partial charge in [0, 0.05) is 22.3 Å². The normalized spacial score (nSPS) is 13.2. The summed E-state index contributed by atoms with van der Waals surface area (Å²) in [4.78, 5) is 18.6. The van der Waals surface area contributed by atoms with Gasteiger partial charge in [-0.2, -0.15) is 0 Å². The van der Waals surface area contributed by atoms with E-state index >= 15 is 4.39 Å². The Morgan fingerprint density at radius 3 is 2.06 bits per heavy atom. The lowest BCUT2D eigenvalue weighted by Crippen LogP contribution is -2.12. The summed E-state index contributed by atoms with van der Waals surface area (Å²) in [5, 5.41) is 0.552. The third-order valence-electron chi connectivity index (χ3n) is 6.35. The van der Waals surface area contributed by atoms with E-state index in [2.05, 4.69) is 0 Å². The predicted molar refractivity (Wildman–Crippen MR) is 137 cm³/mol. The zero-order chi connectivity index (χ0) is 25.0. The molecule has 6 heteroatoms. The molecule has 176 valence electrons. The molecule has 1 aliphatic rings. The molecule has 0 aliphatic heterocycles. The number of pyridine rings is 1. The number of aryl methyl sites for hydroxylation is 1. The van der Waals surface area contributed by atoms with E-state index in [1.807, 2.05) is 32.9 Å². The number of carbonyl (C=O) groups is 1. The smallest absolute Gasteiger partial charge is 0.196 e. The van der Waals surface area contributed by atoms with Crippen LogP contribution in [0.2, 0.25) is 10.0 Å². The number of nitrogens with zero attached hydrogens (tertiary/aromatic N) is 1. The number of benzene rings is 3. The third kappa shape index (κ3) is 3.95. The first kappa shape index (κ1) is 23.7. The maximum Gasteiger partial charge on any atom is 0.196 e. The Labute approximate surface area is 212 Å². The summed E-state index contributed by atoms with van der Waals surface area (Å²) in [6.07, 6.45) is -1.55. The van der Waals surface area contributed by atoms with Crippen LogP contribution in [0.4, 0.5) is 8.78 Å². The minimum Gasteiger partial charge on any atom is -0.288 e. The van der Waals surface area contributed by atoms with E-state index in [1.54, 1.807) is 30.3 Å². The van der Waals surface area contributed by atoms with Gasteiger partial charge in [0.15, 0.2) is 12.0 Å². The average Bonchev–Trinajstić information content (AvgIpc) is 3.09. The van der Waals surface area contributed by atoms with Gasteiger partial charge < -0.3 is 0 Å². The molecular weight excluding hydrogens is 487 g/mol. The van der Waals surface area contributed by atoms with Crippen LogP contribution in [-0.2, 0) is 0 Å². The first-order valence-electron chi connectivity index (χ1n) is 11.3. The summed E-state index contributed by atoms with van der Waals surface area (Å²) in [5.74, 6) is -0.887. The summed E-state index contributed by atoms with van der Waals surface area (Å²) >= 11 is 12.5. The molecule has 0 saturated heterocycles. The lowest BCUT2D eigenvalue weighted by molar-refractivity contribution is 0.104. The standard InChI is InChI=1S/C29H21Cl2F2NO/c1-14(2)27-24(26(33)17-6-4-15(3)5-7-17)23(16-8-10-18(32)11-9-16)25-28(34-27)19-12-21(30)22(31)13-20(19)29(25)35/h4-14,26H,1-3H3. The van der Waals surface area contributed by atoms with Crippen LogP contribution < -0.4 is 0 Å². The van der Waals surface area contributed by atoms with E-state index in [9.17, 15) is 9.18 Å². The van der Waals surface area contributed by atoms with Crippen LogP contribution >= 0.6 is 23.2 Å². The zero-order valence-corrected chi connectivity index (χ0v) is 20.8. The Bertz CT molecular complexity index is 1480. The molecule has 0 spiro atoms. The zero-order valence-electron chi connectivity index (χ0n) is 19.3. The predicted octanol–water partition coefficient (Wildman–Crippen LogP) is 8.90. The number of hydrogen-bond donors (Lipinski definition) is 0. The van der Waals surface area contributed by atoms with E-state index in [0.29, 0.717) is 49.8 Å². The highest BCUT2D eigenvalue weighted by Crippen LogP contribution is 2.49. The largest absolute Gasteiger partial charge is 0.288 e. The number of rotatable bonds is 4. The van der Waals surface area contributed by atoms with E-state index in [4.69, 9.17) is 28.2 Å². The Kier molecular flexibility index (Phi) is 5.98. The Balaban J connectivity index is 1.89. The van der Waals surface area contributed by atoms with Gasteiger partial charge in [-0.15, -0.1) is 0 Å². The fraction of sp³-hybridized carbons (Fsp3) is 0.172. The van der Waals surface area contributed by atoms with Crippen LogP contribution in [0.3, 0.4) is 0 Å². The minimum absolute atomic E-state index is 0.153. The van der Waals surface area contributed by atoms with Crippen LogP contribution in [0.1, 0.15) is 64.2 Å². The molecule has 35 heavy (non-hydrogen) atoms. The molecule has 0 bridgehead atoms. The van der Waals surface area contributed by atoms with Gasteiger partial charge in [-0.25, -0.2) is 8.78 Å². The van der Waals surface area contributed by atoms with E-state index < -0.39 is 12.0 Å². The Hall–Kier alpha value is -3.08. The molecule has 0 N–H and O–H groups in total. The van der Waals surface area contributed by atoms with Crippen molar-refractivity contribution in [2.45, 2.75) is 32.9 Å². The molecule has 1 atom stereocenters. The van der Waals surface area contributed by atoms with Crippen molar-refractivity contribution in [3.8, 4) is 22.4 Å². The highest BCUT2D eigenvalue weighted by Gasteiger charge is 2.37. The molecule has 0 fully saturated rings. The third-order valence-corrected chi connectivity index (χ3v) is 7.08. The van der Waals surface area contributed by atoms with Crippen LogP contribution in [0.15, 0.2) is 60.7 Å². The van der Waals surface area contributed by atoms with Crippen molar-refractivity contribution < 1.29 is 13.6 Å². The van der Waals surface area contributed by atoms with Crippen molar-refractivity contribution in [2.75, 3.05) is 0 Å². The summed E-state index contributed by atoms with van der Waals surface area (Å²) in [7, 11) is 0. The molecule has 0 saturated carbocycles. The Morgan fingerprint density at radius 1 is 0.857 bits per heavy atom. The molecule has 1 aliphatic carbocycles. The van der Waals surface area contributed by atoms with Crippen molar-refractivity contribution in [3.05, 3.63) is 110 Å². The van der Waals surface area contributed by atoms with Crippen molar-refractivity contribution in [1.82, 2.24) is 4.98 Å². The summed E-state index contributed by atoms with van der Waals surface area (Å²) in [6.45, 7) is 5.80. The fourth-order valence-corrected chi connectivity index (χ4v) is 4.94. The van der Waals surface area contributed by atoms with Crippen LogP contribution in [0.5, 0.6) is 0 Å². The van der Waals surface area contributed by atoms with Gasteiger partial charge in [0.2, 0.25) is 0 Å². The van der Waals surface area contributed by atoms with Crippen LogP contribution in [-0.4, -0.2) is 10.8 Å². The SMILES string of the molecule is Cc1ccc(C(F)c2c(C(C)C)nc3c(c2-c2ccc(F)cc2)C(=O)c2cc(Cl)c(Cl)cc2-3)cc1. The number of fused-ring (bicyclic) bond motifs is 3. The second-order valence-corrected chi connectivity index (χ2v) is 9.90. The first-order chi connectivity index (χ1) is 16.7. The lowest BCUT2D eigenvalue weighted by Gasteiger charge is -2.23. The highest BCUT2D eigenvalue weighted by atomic mass is 35.5. The van der Waals surface area contributed by atoms with Gasteiger partial charge in [-0.3, -0.25) is 9.78 Å². The van der Waals surface area contributed by atoms with Crippen molar-refractivity contribution in [3.63, 3.8) is 0 Å². The van der Waals surface area contributed by atoms with Crippen LogP contribution in [0, 0.1) is 12.7 Å². The number of hydrogen-bond acceptors (Lipinski definition) is 2. The van der Waals surface area contributed by atoms with E-state index in [-0.39, 0.29) is 22.3 Å². The van der Waals surface area contributed by atoms with Crippen LogP contribution in [0.25, 0.3) is 22.4 Å². The summed E-state index contributed by atoms with van der Waals surface area (Å²) in [6, 6.07) is 16.1. The van der Waals surface area contributed by atoms with E-state index in [1.165, 1.54) is 18.2 Å². The molecule has 1 heterocycles. The number of halogens is 4. The topological polar surface area (TPSA) is 30.0 Å². The molecule has 3 aromatic carbocycles. The quantitative estimate of drug-likeness (QED) is 0.243. The molecular formula is C29H21Cl2F2NO. The van der Waals surface area contributed by atoms with Crippen molar-refractivity contribution >= 4 is 29.0 Å². The van der Waals surface area contributed by atoms with Gasteiger partial charge in [0.05, 0.1) is 27.0 Å². The molecule has 1 unspecified atom stereocenters. The molecule has 0 radical (unpaired) electrons. The maximum atomic E-state index is 16.4. The molecule has 4 aromatic rings. The van der Waals surface area contributed by atoms with Crippen molar-refractivity contribution in [2.24, 2.45) is 0 Å². The molecule has 1 aromatic heterocycles. The molecule has 5 rings (SSSR count). The minimum atomic E-state index is -1.55. The van der Waals surface area contributed by atoms with Gasteiger partial charge in [0.25, 0.3) is 0 Å². The number of aromatic nitrogens is 1. The summed E-state index contributed by atoms with van der Waals surface area (Å²) < 4.78 is 30.3. The lowest BCUT2D eigenvalue weighted by atomic mass is 9.85. The second-order valence-electron chi connectivity index (χ2n) is 9.09.